The van der Waals surface area contributed by atoms with E-state index in [-0.39, 0.29) is 0 Å². The number of amides is 1. The quantitative estimate of drug-likeness (QED) is 0.683. The third kappa shape index (κ3) is 3.82. The second kappa shape index (κ2) is 8.43. The van der Waals surface area contributed by atoms with Crippen LogP contribution in [0.2, 0.25) is 0 Å². The molecule has 4 heteroatoms. The van der Waals surface area contributed by atoms with Gasteiger partial charge < -0.3 is 9.84 Å². The van der Waals surface area contributed by atoms with Crippen molar-refractivity contribution < 1.29 is 14.6 Å². The summed E-state index contributed by atoms with van der Waals surface area (Å²) >= 11 is 0. The lowest BCUT2D eigenvalue weighted by atomic mass is 10.1. The molecule has 0 spiro atoms. The minimum atomic E-state index is -1.28. The van der Waals surface area contributed by atoms with Gasteiger partial charge in [0, 0.05) is 18.4 Å². The summed E-state index contributed by atoms with van der Waals surface area (Å²) in [7, 11) is 1.55. The number of hydrogen-bond acceptors (Lipinski definition) is 3. The zero-order valence-electron chi connectivity index (χ0n) is 14.5. The van der Waals surface area contributed by atoms with E-state index in [1.807, 2.05) is 66.7 Å². The molecule has 1 amide bonds. The van der Waals surface area contributed by atoms with Gasteiger partial charge >= 0.3 is 0 Å². The Hall–Kier alpha value is -2.95. The van der Waals surface area contributed by atoms with Gasteiger partial charge in [0.05, 0.1) is 0 Å². The second-order valence-corrected chi connectivity index (χ2v) is 5.86. The number of aliphatic hydroxyl groups excluding tert-OH is 1. The van der Waals surface area contributed by atoms with Crippen LogP contribution in [0, 0.1) is 0 Å². The highest BCUT2D eigenvalue weighted by atomic mass is 16.5. The number of anilines is 1. The number of methoxy groups -OCH3 is 1. The zero-order chi connectivity index (χ0) is 18.4. The predicted molar refractivity (Wildman–Crippen MR) is 102 cm³/mol. The lowest BCUT2D eigenvalue weighted by Crippen LogP contribution is -2.39. The Labute approximate surface area is 153 Å². The van der Waals surface area contributed by atoms with Gasteiger partial charge in [-0.15, -0.1) is 0 Å². The Morgan fingerprint density at radius 1 is 0.808 bits per heavy atom. The van der Waals surface area contributed by atoms with Gasteiger partial charge in [-0.25, -0.2) is 0 Å². The summed E-state index contributed by atoms with van der Waals surface area (Å²) in [5.74, 6) is -0.446. The van der Waals surface area contributed by atoms with Crippen molar-refractivity contribution in [2.24, 2.45) is 0 Å². The van der Waals surface area contributed by atoms with Gasteiger partial charge in [-0.3, -0.25) is 9.69 Å². The minimum Gasteiger partial charge on any atom is -0.378 e. The Kier molecular flexibility index (Phi) is 5.79. The van der Waals surface area contributed by atoms with Crippen LogP contribution >= 0.6 is 0 Å². The number of carbonyl (C=O) groups is 1. The molecule has 0 aliphatic rings. The Morgan fingerprint density at radius 2 is 1.27 bits per heavy atom. The molecule has 2 atom stereocenters. The van der Waals surface area contributed by atoms with Crippen LogP contribution in [0.3, 0.4) is 0 Å². The van der Waals surface area contributed by atoms with Crippen LogP contribution in [0.1, 0.15) is 23.5 Å². The molecular formula is C22H21NO3. The standard InChI is InChI=1S/C22H21NO3/c1-26-22(18-13-7-3-8-14-18)23(19-15-9-4-10-16-19)21(25)20(24)17-11-5-2-6-12-17/h2-16,20,22,24H,1H3/t20-,22?/m0/s1. The Balaban J connectivity index is 2.02. The van der Waals surface area contributed by atoms with Gasteiger partial charge in [0.25, 0.3) is 5.91 Å². The molecule has 4 nitrogen and oxygen atoms in total. The number of benzene rings is 3. The van der Waals surface area contributed by atoms with E-state index in [1.54, 1.807) is 31.4 Å². The van der Waals surface area contributed by atoms with E-state index in [0.29, 0.717) is 11.3 Å². The topological polar surface area (TPSA) is 49.8 Å². The van der Waals surface area contributed by atoms with E-state index >= 15 is 0 Å². The third-order valence-electron chi connectivity index (χ3n) is 4.16. The molecule has 1 unspecified atom stereocenters. The number of para-hydroxylation sites is 1. The molecule has 0 aromatic heterocycles. The third-order valence-corrected chi connectivity index (χ3v) is 4.16. The molecule has 1 N–H and O–H groups in total. The summed E-state index contributed by atoms with van der Waals surface area (Å²) in [6, 6.07) is 27.6. The summed E-state index contributed by atoms with van der Waals surface area (Å²) in [4.78, 5) is 14.7. The highest BCUT2D eigenvalue weighted by Gasteiger charge is 2.31. The number of hydrogen-bond donors (Lipinski definition) is 1. The predicted octanol–water partition coefficient (Wildman–Crippen LogP) is 4.10. The van der Waals surface area contributed by atoms with Crippen molar-refractivity contribution in [1.29, 1.82) is 0 Å². The van der Waals surface area contributed by atoms with Gasteiger partial charge in [-0.2, -0.15) is 0 Å². The molecule has 0 aliphatic heterocycles. The SMILES string of the molecule is COC(c1ccccc1)N(C(=O)[C@@H](O)c1ccccc1)c1ccccc1. The average Bonchev–Trinajstić information content (AvgIpc) is 2.73. The van der Waals surface area contributed by atoms with E-state index in [0.717, 1.165) is 5.56 Å². The number of rotatable bonds is 6. The summed E-state index contributed by atoms with van der Waals surface area (Å²) in [5, 5.41) is 10.7. The Bertz CT molecular complexity index is 822. The first kappa shape index (κ1) is 17.9. The molecule has 26 heavy (non-hydrogen) atoms. The van der Waals surface area contributed by atoms with Crippen LogP contribution in [-0.4, -0.2) is 18.1 Å². The first-order valence-electron chi connectivity index (χ1n) is 8.41. The fraction of sp³-hybridized carbons (Fsp3) is 0.136. The zero-order valence-corrected chi connectivity index (χ0v) is 14.5. The molecule has 3 aromatic rings. The Morgan fingerprint density at radius 3 is 1.77 bits per heavy atom. The van der Waals surface area contributed by atoms with Crippen molar-refractivity contribution in [1.82, 2.24) is 0 Å². The number of ether oxygens (including phenoxy) is 1. The molecule has 3 aromatic carbocycles. The number of aliphatic hydroxyl groups is 1. The van der Waals surface area contributed by atoms with E-state index < -0.39 is 18.2 Å². The molecule has 0 aliphatic carbocycles. The number of nitrogens with zero attached hydrogens (tertiary/aromatic N) is 1. The molecule has 0 saturated carbocycles. The van der Waals surface area contributed by atoms with Gasteiger partial charge in [-0.05, 0) is 17.7 Å². The van der Waals surface area contributed by atoms with E-state index in [1.165, 1.54) is 4.90 Å². The maximum atomic E-state index is 13.2. The highest BCUT2D eigenvalue weighted by molar-refractivity contribution is 5.97. The molecule has 0 heterocycles. The highest BCUT2D eigenvalue weighted by Crippen LogP contribution is 2.31. The second-order valence-electron chi connectivity index (χ2n) is 5.86. The fourth-order valence-corrected chi connectivity index (χ4v) is 2.88. The molecule has 0 fully saturated rings. The summed E-state index contributed by atoms with van der Waals surface area (Å²) in [6.45, 7) is 0. The van der Waals surface area contributed by atoms with E-state index in [4.69, 9.17) is 4.74 Å². The van der Waals surface area contributed by atoms with Gasteiger partial charge in [0.2, 0.25) is 0 Å². The van der Waals surface area contributed by atoms with E-state index in [2.05, 4.69) is 0 Å². The smallest absolute Gasteiger partial charge is 0.262 e. The monoisotopic (exact) mass is 347 g/mol. The molecular weight excluding hydrogens is 326 g/mol. The lowest BCUT2D eigenvalue weighted by Gasteiger charge is -2.32. The average molecular weight is 347 g/mol. The lowest BCUT2D eigenvalue weighted by molar-refractivity contribution is -0.129. The van der Waals surface area contributed by atoms with Crippen LogP contribution < -0.4 is 4.90 Å². The van der Waals surface area contributed by atoms with Gasteiger partial charge in [0.15, 0.2) is 12.3 Å². The number of carbonyl (C=O) groups excluding carboxylic acids is 1. The first-order chi connectivity index (χ1) is 12.7. The molecule has 0 bridgehead atoms. The van der Waals surface area contributed by atoms with Crippen LogP contribution in [0.15, 0.2) is 91.0 Å². The van der Waals surface area contributed by atoms with E-state index in [9.17, 15) is 9.90 Å². The van der Waals surface area contributed by atoms with Crippen molar-refractivity contribution in [2.45, 2.75) is 12.3 Å². The van der Waals surface area contributed by atoms with Gasteiger partial charge in [-0.1, -0.05) is 78.9 Å². The fourth-order valence-electron chi connectivity index (χ4n) is 2.88. The van der Waals surface area contributed by atoms with Crippen molar-refractivity contribution in [3.8, 4) is 0 Å². The molecule has 0 radical (unpaired) electrons. The van der Waals surface area contributed by atoms with Crippen molar-refractivity contribution in [2.75, 3.05) is 12.0 Å². The van der Waals surface area contributed by atoms with Crippen molar-refractivity contribution in [3.63, 3.8) is 0 Å². The molecule has 3 rings (SSSR count). The maximum Gasteiger partial charge on any atom is 0.262 e. The first-order valence-corrected chi connectivity index (χ1v) is 8.41. The van der Waals surface area contributed by atoms with Crippen molar-refractivity contribution in [3.05, 3.63) is 102 Å². The van der Waals surface area contributed by atoms with Crippen LogP contribution in [0.25, 0.3) is 0 Å². The van der Waals surface area contributed by atoms with Crippen LogP contribution in [0.4, 0.5) is 5.69 Å². The van der Waals surface area contributed by atoms with Crippen LogP contribution in [-0.2, 0) is 9.53 Å². The van der Waals surface area contributed by atoms with Crippen molar-refractivity contribution >= 4 is 11.6 Å². The minimum absolute atomic E-state index is 0.446. The largest absolute Gasteiger partial charge is 0.378 e. The summed E-state index contributed by atoms with van der Waals surface area (Å²) in [5.41, 5.74) is 2.02. The summed E-state index contributed by atoms with van der Waals surface area (Å²) < 4.78 is 5.65. The van der Waals surface area contributed by atoms with Crippen LogP contribution in [0.5, 0.6) is 0 Å². The molecule has 0 saturated heterocycles. The van der Waals surface area contributed by atoms with Gasteiger partial charge in [0.1, 0.15) is 0 Å². The maximum absolute atomic E-state index is 13.2. The summed E-state index contributed by atoms with van der Waals surface area (Å²) in [6.07, 6.45) is -1.93. The normalized spacial score (nSPS) is 13.0. The molecule has 132 valence electrons.